The minimum absolute atomic E-state index is 0.104. The highest BCUT2D eigenvalue weighted by atomic mass is 15.2. The first-order valence-electron chi connectivity index (χ1n) is 11.8. The number of aromatic nitrogens is 2. The van der Waals surface area contributed by atoms with Crippen LogP contribution in [0.5, 0.6) is 0 Å². The Bertz CT molecular complexity index is 1060. The molecule has 5 heteroatoms. The lowest BCUT2D eigenvalue weighted by molar-refractivity contribution is 0.209. The Labute approximate surface area is 185 Å². The molecular formula is C26H35N5. The van der Waals surface area contributed by atoms with Gasteiger partial charge in [0.1, 0.15) is 6.17 Å². The molecule has 0 saturated carbocycles. The van der Waals surface area contributed by atoms with Crippen LogP contribution in [-0.4, -0.2) is 34.6 Å². The van der Waals surface area contributed by atoms with Crippen molar-refractivity contribution in [3.8, 4) is 0 Å². The fraction of sp³-hybridized carbons (Fsp3) is 0.500. The molecule has 5 nitrogen and oxygen atoms in total. The van der Waals surface area contributed by atoms with Gasteiger partial charge in [0.2, 0.25) is 0 Å². The number of likely N-dealkylation sites (tertiary alicyclic amines) is 1. The standard InChI is InChI=1S/C26H35N5/c1-18-7-9-23-25(19(18)2)29-26(28-23)21-8-10-22-24(16-21)31(17-27-22)13-5-4-6-20-11-14-30(3)15-12-20/h7-10,16-17,20,26,28-29H,4-6,11-15H2,1-3H3. The molecule has 1 saturated heterocycles. The van der Waals surface area contributed by atoms with Crippen molar-refractivity contribution in [2.45, 2.75) is 58.7 Å². The number of hydrogen-bond acceptors (Lipinski definition) is 4. The van der Waals surface area contributed by atoms with Gasteiger partial charge in [-0.1, -0.05) is 25.0 Å². The lowest BCUT2D eigenvalue weighted by Gasteiger charge is -2.28. The van der Waals surface area contributed by atoms with Crippen LogP contribution >= 0.6 is 0 Å². The lowest BCUT2D eigenvalue weighted by atomic mass is 9.92. The van der Waals surface area contributed by atoms with Crippen LogP contribution in [0.1, 0.15) is 55.0 Å². The number of unbranched alkanes of at least 4 members (excludes halogenated alkanes) is 1. The number of piperidine rings is 1. The Morgan fingerprint density at radius 2 is 1.87 bits per heavy atom. The number of nitrogens with zero attached hydrogens (tertiary/aromatic N) is 3. The third-order valence-electron chi connectivity index (χ3n) is 7.40. The van der Waals surface area contributed by atoms with Gasteiger partial charge in [0.05, 0.1) is 28.7 Å². The van der Waals surface area contributed by atoms with E-state index in [1.165, 1.54) is 78.8 Å². The number of hydrogen-bond donors (Lipinski definition) is 2. The molecule has 0 bridgehead atoms. The largest absolute Gasteiger partial charge is 0.360 e. The maximum atomic E-state index is 4.65. The SMILES string of the molecule is Cc1ccc2c(c1C)NC(c1ccc3ncn(CCCCC4CCN(C)CC4)c3c1)N2. The predicted molar refractivity (Wildman–Crippen MR) is 130 cm³/mol. The number of rotatable bonds is 6. The van der Waals surface area contributed by atoms with Crippen molar-refractivity contribution in [3.05, 3.63) is 53.3 Å². The van der Waals surface area contributed by atoms with E-state index in [1.54, 1.807) is 0 Å². The Morgan fingerprint density at radius 1 is 1.03 bits per heavy atom. The third kappa shape index (κ3) is 4.16. The van der Waals surface area contributed by atoms with Gasteiger partial charge in [0, 0.05) is 6.54 Å². The number of aryl methyl sites for hydroxylation is 2. The van der Waals surface area contributed by atoms with Crippen molar-refractivity contribution >= 4 is 22.4 Å². The third-order valence-corrected chi connectivity index (χ3v) is 7.40. The molecule has 0 spiro atoms. The second-order valence-corrected chi connectivity index (χ2v) is 9.58. The number of benzene rings is 2. The van der Waals surface area contributed by atoms with E-state index in [2.05, 4.69) is 76.3 Å². The highest BCUT2D eigenvalue weighted by Crippen LogP contribution is 2.39. The zero-order chi connectivity index (χ0) is 21.4. The molecular weight excluding hydrogens is 382 g/mol. The van der Waals surface area contributed by atoms with Gasteiger partial charge in [0.25, 0.3) is 0 Å². The zero-order valence-corrected chi connectivity index (χ0v) is 19.1. The van der Waals surface area contributed by atoms with Crippen molar-refractivity contribution in [2.75, 3.05) is 30.8 Å². The highest BCUT2D eigenvalue weighted by molar-refractivity contribution is 5.81. The topological polar surface area (TPSA) is 45.1 Å². The predicted octanol–water partition coefficient (Wildman–Crippen LogP) is 5.70. The lowest BCUT2D eigenvalue weighted by Crippen LogP contribution is -2.30. The molecule has 3 heterocycles. The van der Waals surface area contributed by atoms with Crippen molar-refractivity contribution in [2.24, 2.45) is 5.92 Å². The summed E-state index contributed by atoms with van der Waals surface area (Å²) in [6.07, 6.45) is 8.78. The second kappa shape index (κ2) is 8.54. The van der Waals surface area contributed by atoms with Crippen molar-refractivity contribution in [1.82, 2.24) is 14.5 Å². The van der Waals surface area contributed by atoms with Gasteiger partial charge in [-0.2, -0.15) is 0 Å². The van der Waals surface area contributed by atoms with Gasteiger partial charge in [-0.15, -0.1) is 0 Å². The summed E-state index contributed by atoms with van der Waals surface area (Å²) >= 11 is 0. The first-order valence-corrected chi connectivity index (χ1v) is 11.8. The molecule has 2 aliphatic heterocycles. The molecule has 3 aromatic rings. The molecule has 1 unspecified atom stereocenters. The molecule has 164 valence electrons. The first-order chi connectivity index (χ1) is 15.1. The summed E-state index contributed by atoms with van der Waals surface area (Å²) in [4.78, 5) is 7.10. The summed E-state index contributed by atoms with van der Waals surface area (Å²) in [6.45, 7) is 7.95. The van der Waals surface area contributed by atoms with Gasteiger partial charge in [-0.3, -0.25) is 0 Å². The Kier molecular flexibility index (Phi) is 5.61. The monoisotopic (exact) mass is 417 g/mol. The fourth-order valence-electron chi connectivity index (χ4n) is 5.12. The van der Waals surface area contributed by atoms with Crippen LogP contribution in [0.4, 0.5) is 11.4 Å². The summed E-state index contributed by atoms with van der Waals surface area (Å²) in [6, 6.07) is 11.0. The molecule has 1 atom stereocenters. The molecule has 2 aliphatic rings. The Morgan fingerprint density at radius 3 is 2.71 bits per heavy atom. The quantitative estimate of drug-likeness (QED) is 0.505. The first kappa shape index (κ1) is 20.4. The van der Waals surface area contributed by atoms with Crippen LogP contribution in [0, 0.1) is 19.8 Å². The maximum absolute atomic E-state index is 4.65. The van der Waals surface area contributed by atoms with E-state index in [0.29, 0.717) is 0 Å². The smallest absolute Gasteiger partial charge is 0.123 e. The summed E-state index contributed by atoms with van der Waals surface area (Å²) in [5.74, 6) is 0.926. The molecule has 1 aromatic heterocycles. The van der Waals surface area contributed by atoms with Crippen LogP contribution in [0.3, 0.4) is 0 Å². The van der Waals surface area contributed by atoms with E-state index >= 15 is 0 Å². The van der Waals surface area contributed by atoms with E-state index in [-0.39, 0.29) is 6.17 Å². The summed E-state index contributed by atoms with van der Waals surface area (Å²) in [5.41, 5.74) is 8.65. The summed E-state index contributed by atoms with van der Waals surface area (Å²) in [7, 11) is 2.24. The van der Waals surface area contributed by atoms with Gasteiger partial charge in [0.15, 0.2) is 0 Å². The van der Waals surface area contributed by atoms with Crippen molar-refractivity contribution < 1.29 is 0 Å². The van der Waals surface area contributed by atoms with Crippen LogP contribution in [0.15, 0.2) is 36.7 Å². The molecule has 2 aromatic carbocycles. The minimum Gasteiger partial charge on any atom is -0.360 e. The number of imidazole rings is 1. The molecule has 0 aliphatic carbocycles. The zero-order valence-electron chi connectivity index (χ0n) is 19.1. The van der Waals surface area contributed by atoms with Crippen molar-refractivity contribution in [3.63, 3.8) is 0 Å². The van der Waals surface area contributed by atoms with Gasteiger partial charge in [-0.05, 0) is 94.1 Å². The fourth-order valence-corrected chi connectivity index (χ4v) is 5.12. The van der Waals surface area contributed by atoms with Crippen LogP contribution in [0.2, 0.25) is 0 Å². The van der Waals surface area contributed by atoms with E-state index < -0.39 is 0 Å². The van der Waals surface area contributed by atoms with Crippen LogP contribution < -0.4 is 10.6 Å². The van der Waals surface area contributed by atoms with Crippen LogP contribution in [-0.2, 0) is 6.54 Å². The van der Waals surface area contributed by atoms with Crippen molar-refractivity contribution in [1.29, 1.82) is 0 Å². The molecule has 5 rings (SSSR count). The molecule has 31 heavy (non-hydrogen) atoms. The van der Waals surface area contributed by atoms with E-state index in [1.807, 2.05) is 6.33 Å². The molecule has 0 amide bonds. The van der Waals surface area contributed by atoms with E-state index in [0.717, 1.165) is 18.0 Å². The average molecular weight is 418 g/mol. The Hall–Kier alpha value is -2.53. The normalized spacial score (nSPS) is 19.4. The average Bonchev–Trinajstić information content (AvgIpc) is 3.39. The number of nitrogens with one attached hydrogen (secondary N) is 2. The second-order valence-electron chi connectivity index (χ2n) is 9.58. The van der Waals surface area contributed by atoms with E-state index in [4.69, 9.17) is 0 Å². The minimum atomic E-state index is 0.104. The van der Waals surface area contributed by atoms with Crippen LogP contribution in [0.25, 0.3) is 11.0 Å². The Balaban J connectivity index is 1.23. The number of anilines is 2. The maximum Gasteiger partial charge on any atom is 0.123 e. The van der Waals surface area contributed by atoms with Gasteiger partial charge in [-0.25, -0.2) is 4.98 Å². The molecule has 2 N–H and O–H groups in total. The summed E-state index contributed by atoms with van der Waals surface area (Å²) < 4.78 is 2.34. The van der Waals surface area contributed by atoms with E-state index in [9.17, 15) is 0 Å². The molecule has 0 radical (unpaired) electrons. The summed E-state index contributed by atoms with van der Waals surface area (Å²) in [5, 5.41) is 7.33. The van der Waals surface area contributed by atoms with Gasteiger partial charge < -0.3 is 20.1 Å². The van der Waals surface area contributed by atoms with Gasteiger partial charge >= 0.3 is 0 Å². The highest BCUT2D eigenvalue weighted by Gasteiger charge is 2.23. The molecule has 1 fully saturated rings. The number of fused-ring (bicyclic) bond motifs is 2.